The summed E-state index contributed by atoms with van der Waals surface area (Å²) in [4.78, 5) is 4.10. The number of pyridine rings is 1. The van der Waals surface area contributed by atoms with Crippen molar-refractivity contribution in [1.82, 2.24) is 10.3 Å². The average molecular weight is 291 g/mol. The lowest BCUT2D eigenvalue weighted by molar-refractivity contribution is 0.574. The zero-order valence-corrected chi connectivity index (χ0v) is 11.3. The number of benzene rings is 1. The third kappa shape index (κ3) is 3.65. The summed E-state index contributed by atoms with van der Waals surface area (Å²) in [5.41, 5.74) is 2.49. The Hall–Kier alpha value is -1.19. The number of rotatable bonds is 4. The third-order valence-corrected chi connectivity index (χ3v) is 3.23. The smallest absolute Gasteiger partial charge is 0.0312 e. The van der Waals surface area contributed by atoms with Crippen molar-refractivity contribution in [1.29, 1.82) is 0 Å². The number of hydrogen-bond acceptors (Lipinski definition) is 2. The zero-order valence-electron chi connectivity index (χ0n) is 9.73. The molecule has 0 unspecified atom stereocenters. The first-order chi connectivity index (χ1) is 8.25. The normalized spacial score (nSPS) is 12.4. The van der Waals surface area contributed by atoms with Crippen LogP contribution < -0.4 is 5.32 Å². The van der Waals surface area contributed by atoms with Gasteiger partial charge in [0.25, 0.3) is 0 Å². The van der Waals surface area contributed by atoms with Crippen LogP contribution in [0.1, 0.15) is 24.1 Å². The number of nitrogens with one attached hydrogen (secondary N) is 1. The molecule has 17 heavy (non-hydrogen) atoms. The van der Waals surface area contributed by atoms with Gasteiger partial charge >= 0.3 is 0 Å². The molecule has 0 aliphatic heterocycles. The SMILES string of the molecule is C[C@H](NCc1cccnc1)c1ccc(Br)cc1. The summed E-state index contributed by atoms with van der Waals surface area (Å²) in [6, 6.07) is 12.8. The molecule has 1 heterocycles. The van der Waals surface area contributed by atoms with E-state index < -0.39 is 0 Å². The lowest BCUT2D eigenvalue weighted by Gasteiger charge is -2.14. The van der Waals surface area contributed by atoms with E-state index in [9.17, 15) is 0 Å². The van der Waals surface area contributed by atoms with Crippen molar-refractivity contribution in [3.8, 4) is 0 Å². The molecule has 0 saturated heterocycles. The van der Waals surface area contributed by atoms with E-state index in [0.29, 0.717) is 6.04 Å². The van der Waals surface area contributed by atoms with Gasteiger partial charge in [0.1, 0.15) is 0 Å². The molecule has 2 nitrogen and oxygen atoms in total. The van der Waals surface area contributed by atoms with Crippen molar-refractivity contribution in [3.63, 3.8) is 0 Å². The number of nitrogens with zero attached hydrogens (tertiary/aromatic N) is 1. The minimum Gasteiger partial charge on any atom is -0.306 e. The van der Waals surface area contributed by atoms with Crippen molar-refractivity contribution in [3.05, 3.63) is 64.4 Å². The van der Waals surface area contributed by atoms with Crippen LogP contribution in [0.5, 0.6) is 0 Å². The van der Waals surface area contributed by atoms with E-state index in [1.165, 1.54) is 11.1 Å². The molecule has 0 spiro atoms. The Kier molecular flexibility index (Phi) is 4.29. The summed E-state index contributed by atoms with van der Waals surface area (Å²) in [5, 5.41) is 3.48. The molecular formula is C14H15BrN2. The van der Waals surface area contributed by atoms with Crippen LogP contribution in [-0.4, -0.2) is 4.98 Å². The van der Waals surface area contributed by atoms with Crippen LogP contribution in [0.4, 0.5) is 0 Å². The van der Waals surface area contributed by atoms with Crippen LogP contribution in [0.3, 0.4) is 0 Å². The lowest BCUT2D eigenvalue weighted by atomic mass is 10.1. The number of hydrogen-bond donors (Lipinski definition) is 1. The fraction of sp³-hybridized carbons (Fsp3) is 0.214. The quantitative estimate of drug-likeness (QED) is 0.929. The predicted octanol–water partition coefficient (Wildman–Crippen LogP) is 3.69. The van der Waals surface area contributed by atoms with Gasteiger partial charge in [-0.1, -0.05) is 34.1 Å². The van der Waals surface area contributed by atoms with Gasteiger partial charge in [-0.2, -0.15) is 0 Å². The summed E-state index contributed by atoms with van der Waals surface area (Å²) >= 11 is 3.44. The molecule has 0 amide bonds. The van der Waals surface area contributed by atoms with Crippen molar-refractivity contribution >= 4 is 15.9 Å². The highest BCUT2D eigenvalue weighted by Crippen LogP contribution is 2.16. The molecular weight excluding hydrogens is 276 g/mol. The molecule has 2 rings (SSSR count). The Morgan fingerprint density at radius 3 is 2.65 bits per heavy atom. The van der Waals surface area contributed by atoms with Crippen LogP contribution in [0.2, 0.25) is 0 Å². The molecule has 1 N–H and O–H groups in total. The summed E-state index contributed by atoms with van der Waals surface area (Å²) in [5.74, 6) is 0. The van der Waals surface area contributed by atoms with E-state index in [1.54, 1.807) is 6.20 Å². The van der Waals surface area contributed by atoms with Gasteiger partial charge in [-0.3, -0.25) is 4.98 Å². The monoisotopic (exact) mass is 290 g/mol. The molecule has 1 aromatic carbocycles. The van der Waals surface area contributed by atoms with E-state index >= 15 is 0 Å². The summed E-state index contributed by atoms with van der Waals surface area (Å²) < 4.78 is 1.11. The fourth-order valence-corrected chi connectivity index (χ4v) is 1.91. The Bertz CT molecular complexity index is 453. The largest absolute Gasteiger partial charge is 0.306 e. The highest BCUT2D eigenvalue weighted by Gasteiger charge is 2.04. The zero-order chi connectivity index (χ0) is 12.1. The molecule has 88 valence electrons. The van der Waals surface area contributed by atoms with E-state index in [1.807, 2.05) is 12.3 Å². The first kappa shape index (κ1) is 12.3. The van der Waals surface area contributed by atoms with Gasteiger partial charge in [0, 0.05) is 29.5 Å². The van der Waals surface area contributed by atoms with Gasteiger partial charge in [-0.05, 0) is 36.2 Å². The first-order valence-electron chi connectivity index (χ1n) is 5.63. The fourth-order valence-electron chi connectivity index (χ4n) is 1.64. The summed E-state index contributed by atoms with van der Waals surface area (Å²) in [6.45, 7) is 3.00. The van der Waals surface area contributed by atoms with Crippen molar-refractivity contribution in [2.45, 2.75) is 19.5 Å². The van der Waals surface area contributed by atoms with Gasteiger partial charge in [0.15, 0.2) is 0 Å². The maximum Gasteiger partial charge on any atom is 0.0312 e. The Labute approximate surface area is 110 Å². The van der Waals surface area contributed by atoms with Gasteiger partial charge in [0.2, 0.25) is 0 Å². The van der Waals surface area contributed by atoms with Gasteiger partial charge in [-0.15, -0.1) is 0 Å². The van der Waals surface area contributed by atoms with Crippen molar-refractivity contribution < 1.29 is 0 Å². The van der Waals surface area contributed by atoms with Gasteiger partial charge in [0.05, 0.1) is 0 Å². The second-order valence-corrected chi connectivity index (χ2v) is 4.93. The Morgan fingerprint density at radius 1 is 1.24 bits per heavy atom. The molecule has 1 aromatic heterocycles. The molecule has 0 aliphatic rings. The molecule has 0 radical (unpaired) electrons. The molecule has 2 aromatic rings. The topological polar surface area (TPSA) is 24.9 Å². The van der Waals surface area contributed by atoms with Crippen LogP contribution in [0, 0.1) is 0 Å². The van der Waals surface area contributed by atoms with Crippen molar-refractivity contribution in [2.24, 2.45) is 0 Å². The minimum atomic E-state index is 0.336. The lowest BCUT2D eigenvalue weighted by Crippen LogP contribution is -2.18. The maximum absolute atomic E-state index is 4.10. The van der Waals surface area contributed by atoms with E-state index in [2.05, 4.69) is 63.5 Å². The predicted molar refractivity (Wildman–Crippen MR) is 73.6 cm³/mol. The molecule has 1 atom stereocenters. The second-order valence-electron chi connectivity index (χ2n) is 4.02. The van der Waals surface area contributed by atoms with Crippen molar-refractivity contribution in [2.75, 3.05) is 0 Å². The highest BCUT2D eigenvalue weighted by atomic mass is 79.9. The molecule has 0 bridgehead atoms. The number of halogens is 1. The first-order valence-corrected chi connectivity index (χ1v) is 6.43. The highest BCUT2D eigenvalue weighted by molar-refractivity contribution is 9.10. The maximum atomic E-state index is 4.10. The van der Waals surface area contributed by atoms with Gasteiger partial charge in [-0.25, -0.2) is 0 Å². The molecule has 3 heteroatoms. The second kappa shape index (κ2) is 5.94. The van der Waals surface area contributed by atoms with E-state index in [0.717, 1.165) is 11.0 Å². The number of aromatic nitrogens is 1. The van der Waals surface area contributed by atoms with Crippen LogP contribution >= 0.6 is 15.9 Å². The molecule has 0 saturated carbocycles. The average Bonchev–Trinajstić information content (AvgIpc) is 2.38. The third-order valence-electron chi connectivity index (χ3n) is 2.71. The molecule has 0 aliphatic carbocycles. The standard InChI is InChI=1S/C14H15BrN2/c1-11(13-4-6-14(15)7-5-13)17-10-12-3-2-8-16-9-12/h2-9,11,17H,10H2,1H3/t11-/m0/s1. The summed E-state index contributed by atoms with van der Waals surface area (Å²) in [7, 11) is 0. The Balaban J connectivity index is 1.93. The van der Waals surface area contributed by atoms with Crippen LogP contribution in [0.25, 0.3) is 0 Å². The molecule has 0 fully saturated rings. The van der Waals surface area contributed by atoms with E-state index in [4.69, 9.17) is 0 Å². The van der Waals surface area contributed by atoms with Crippen LogP contribution in [0.15, 0.2) is 53.3 Å². The van der Waals surface area contributed by atoms with Gasteiger partial charge < -0.3 is 5.32 Å². The Morgan fingerprint density at radius 2 is 2.00 bits per heavy atom. The van der Waals surface area contributed by atoms with E-state index in [-0.39, 0.29) is 0 Å². The van der Waals surface area contributed by atoms with Crippen LogP contribution in [-0.2, 0) is 6.54 Å². The minimum absolute atomic E-state index is 0.336. The summed E-state index contributed by atoms with van der Waals surface area (Å²) in [6.07, 6.45) is 3.68.